The molecule has 0 aromatic carbocycles. The molecule has 5 aliphatic rings. The van der Waals surface area contributed by atoms with Crippen molar-refractivity contribution < 1.29 is 14.3 Å². The van der Waals surface area contributed by atoms with Crippen molar-refractivity contribution in [3.05, 3.63) is 11.6 Å². The predicted molar refractivity (Wildman–Crippen MR) is 124 cm³/mol. The van der Waals surface area contributed by atoms with Crippen LogP contribution in [0.15, 0.2) is 16.8 Å². The molecule has 0 bridgehead atoms. The quantitative estimate of drug-likeness (QED) is 0.292. The van der Waals surface area contributed by atoms with Crippen molar-refractivity contribution in [2.45, 2.75) is 103 Å². The lowest BCUT2D eigenvalue weighted by Crippen LogP contribution is -2.50. The fourth-order valence-electron chi connectivity index (χ4n) is 7.93. The molecule has 5 rings (SSSR count). The Hall–Kier alpha value is -1.38. The molecule has 176 valence electrons. The normalized spacial score (nSPS) is 44.7. The summed E-state index contributed by atoms with van der Waals surface area (Å²) in [6, 6.07) is 2.14. The van der Waals surface area contributed by atoms with Gasteiger partial charge in [0.05, 0.1) is 24.3 Å². The van der Waals surface area contributed by atoms with Crippen molar-refractivity contribution in [3.8, 4) is 6.07 Å². The number of nitriles is 1. The maximum atomic E-state index is 8.75. The minimum absolute atomic E-state index is 0.0250. The number of rotatable bonds is 5. The zero-order valence-corrected chi connectivity index (χ0v) is 20.0. The van der Waals surface area contributed by atoms with E-state index in [4.69, 9.17) is 19.6 Å². The van der Waals surface area contributed by atoms with Crippen molar-refractivity contribution in [1.29, 1.82) is 5.26 Å². The van der Waals surface area contributed by atoms with Crippen LogP contribution in [0.25, 0.3) is 0 Å². The van der Waals surface area contributed by atoms with E-state index < -0.39 is 0 Å². The summed E-state index contributed by atoms with van der Waals surface area (Å²) >= 11 is 0. The SMILES string of the molecule is C[C@]12CC[C@@H](O[C@@H]3CCCCO3)CC1=CC[C@@H]1[C@@H]2CC[C@]2(C)/C(=N\OCCC#N)CC[C@@H]12. The van der Waals surface area contributed by atoms with Gasteiger partial charge in [0, 0.05) is 12.0 Å². The molecule has 7 atom stereocenters. The standard InChI is InChI=1S/C27H40N2O3/c1-26-13-11-20(32-25-6-3-4-16-30-25)18-19(26)7-8-21-22-9-10-24(29-31-17-5-15-28)27(22,2)14-12-23(21)26/h7,20-23,25H,3-6,8-14,16-18H2,1-2H3/b29-24-/t20-,21+,22+,23+,25-,26+,27+/m1/s1. The van der Waals surface area contributed by atoms with Gasteiger partial charge in [-0.1, -0.05) is 30.7 Å². The topological polar surface area (TPSA) is 63.8 Å². The van der Waals surface area contributed by atoms with E-state index in [-0.39, 0.29) is 11.7 Å². The molecule has 0 aromatic rings. The Labute approximate surface area is 193 Å². The van der Waals surface area contributed by atoms with Crippen molar-refractivity contribution in [3.63, 3.8) is 0 Å². The summed E-state index contributed by atoms with van der Waals surface area (Å²) in [5.41, 5.74) is 3.43. The molecule has 0 spiro atoms. The monoisotopic (exact) mass is 440 g/mol. The van der Waals surface area contributed by atoms with Crippen LogP contribution < -0.4 is 0 Å². The molecule has 0 N–H and O–H groups in total. The Morgan fingerprint density at radius 3 is 2.78 bits per heavy atom. The molecular formula is C27H40N2O3. The van der Waals surface area contributed by atoms with Crippen LogP contribution in [0.4, 0.5) is 0 Å². The van der Waals surface area contributed by atoms with Crippen molar-refractivity contribution in [2.75, 3.05) is 13.2 Å². The number of ether oxygens (including phenoxy) is 2. The minimum Gasteiger partial charge on any atom is -0.395 e. The van der Waals surface area contributed by atoms with Crippen LogP contribution in [0.1, 0.15) is 90.9 Å². The lowest BCUT2D eigenvalue weighted by atomic mass is 9.48. The smallest absolute Gasteiger partial charge is 0.157 e. The van der Waals surface area contributed by atoms with Gasteiger partial charge in [-0.15, -0.1) is 0 Å². The fraction of sp³-hybridized carbons (Fsp3) is 0.852. The number of hydrogen-bond acceptors (Lipinski definition) is 5. The second-order valence-electron chi connectivity index (χ2n) is 11.3. The summed E-state index contributed by atoms with van der Waals surface area (Å²) in [6.07, 6.45) is 16.4. The van der Waals surface area contributed by atoms with Gasteiger partial charge in [0.1, 0.15) is 6.61 Å². The molecule has 32 heavy (non-hydrogen) atoms. The summed E-state index contributed by atoms with van der Waals surface area (Å²) in [4.78, 5) is 5.52. The third kappa shape index (κ3) is 3.92. The highest BCUT2D eigenvalue weighted by Gasteiger charge is 2.58. The van der Waals surface area contributed by atoms with Crippen LogP contribution in [-0.2, 0) is 14.3 Å². The molecule has 0 aromatic heterocycles. The van der Waals surface area contributed by atoms with E-state index in [2.05, 4.69) is 31.1 Å². The van der Waals surface area contributed by atoms with E-state index in [0.29, 0.717) is 30.5 Å². The van der Waals surface area contributed by atoms with Crippen LogP contribution in [0.3, 0.4) is 0 Å². The summed E-state index contributed by atoms with van der Waals surface area (Å²) in [6.45, 7) is 6.26. The van der Waals surface area contributed by atoms with Crippen molar-refractivity contribution in [2.24, 2.45) is 33.7 Å². The summed E-state index contributed by atoms with van der Waals surface area (Å²) in [5, 5.41) is 13.3. The highest BCUT2D eigenvalue weighted by molar-refractivity contribution is 5.92. The Balaban J connectivity index is 1.27. The Morgan fingerprint density at radius 1 is 1.12 bits per heavy atom. The van der Waals surface area contributed by atoms with Gasteiger partial charge in [0.25, 0.3) is 0 Å². The average molecular weight is 441 g/mol. The van der Waals surface area contributed by atoms with Gasteiger partial charge in [-0.2, -0.15) is 5.26 Å². The molecule has 1 heterocycles. The van der Waals surface area contributed by atoms with Gasteiger partial charge in [0.15, 0.2) is 6.29 Å². The minimum atomic E-state index is 0.0250. The van der Waals surface area contributed by atoms with Crippen LogP contribution in [0, 0.1) is 39.9 Å². The van der Waals surface area contributed by atoms with Crippen LogP contribution in [0.2, 0.25) is 0 Å². The zero-order chi connectivity index (χ0) is 22.2. The van der Waals surface area contributed by atoms with Gasteiger partial charge < -0.3 is 14.3 Å². The molecule has 1 aliphatic heterocycles. The van der Waals surface area contributed by atoms with E-state index in [1.165, 1.54) is 50.7 Å². The number of allylic oxidation sites excluding steroid dienone is 1. The van der Waals surface area contributed by atoms with Gasteiger partial charge in [-0.25, -0.2) is 0 Å². The maximum Gasteiger partial charge on any atom is 0.157 e. The third-order valence-electron chi connectivity index (χ3n) is 9.76. The van der Waals surface area contributed by atoms with Crippen molar-refractivity contribution in [1.82, 2.24) is 0 Å². The second-order valence-corrected chi connectivity index (χ2v) is 11.3. The van der Waals surface area contributed by atoms with Gasteiger partial charge in [-0.3, -0.25) is 0 Å². The van der Waals surface area contributed by atoms with E-state index >= 15 is 0 Å². The average Bonchev–Trinajstić information content (AvgIpc) is 3.14. The van der Waals surface area contributed by atoms with Gasteiger partial charge >= 0.3 is 0 Å². The largest absolute Gasteiger partial charge is 0.395 e. The molecule has 4 fully saturated rings. The molecule has 5 heteroatoms. The third-order valence-corrected chi connectivity index (χ3v) is 9.76. The van der Waals surface area contributed by atoms with E-state index in [0.717, 1.165) is 44.1 Å². The lowest BCUT2D eigenvalue weighted by molar-refractivity contribution is -0.195. The molecule has 3 saturated carbocycles. The maximum absolute atomic E-state index is 8.75. The van der Waals surface area contributed by atoms with Crippen LogP contribution in [-0.4, -0.2) is 31.3 Å². The van der Waals surface area contributed by atoms with Gasteiger partial charge in [0.2, 0.25) is 0 Å². The van der Waals surface area contributed by atoms with E-state index in [1.54, 1.807) is 5.57 Å². The first kappa shape index (κ1) is 22.4. The fourth-order valence-corrected chi connectivity index (χ4v) is 7.93. The molecule has 1 saturated heterocycles. The number of nitrogens with zero attached hydrogens (tertiary/aromatic N) is 2. The van der Waals surface area contributed by atoms with Crippen LogP contribution >= 0.6 is 0 Å². The molecule has 0 amide bonds. The predicted octanol–water partition coefficient (Wildman–Crippen LogP) is 6.15. The number of oxime groups is 1. The second kappa shape index (κ2) is 9.11. The number of hydrogen-bond donors (Lipinski definition) is 0. The highest BCUT2D eigenvalue weighted by atomic mass is 16.7. The van der Waals surface area contributed by atoms with Crippen molar-refractivity contribution >= 4 is 5.71 Å². The zero-order valence-electron chi connectivity index (χ0n) is 20.0. The summed E-state index contributed by atoms with van der Waals surface area (Å²) in [5.74, 6) is 2.25. The Morgan fingerprint density at radius 2 is 1.97 bits per heavy atom. The number of fused-ring (bicyclic) bond motifs is 5. The first-order valence-corrected chi connectivity index (χ1v) is 13.1. The first-order chi connectivity index (χ1) is 15.5. The Kier molecular flexibility index (Phi) is 6.38. The molecule has 4 aliphatic carbocycles. The Bertz CT molecular complexity index is 795. The molecule has 0 unspecified atom stereocenters. The molecular weight excluding hydrogens is 400 g/mol. The highest BCUT2D eigenvalue weighted by Crippen LogP contribution is 2.64. The summed E-state index contributed by atoms with van der Waals surface area (Å²) in [7, 11) is 0. The summed E-state index contributed by atoms with van der Waals surface area (Å²) < 4.78 is 12.3. The molecule has 0 radical (unpaired) electrons. The van der Waals surface area contributed by atoms with E-state index in [9.17, 15) is 0 Å². The van der Waals surface area contributed by atoms with Gasteiger partial charge in [-0.05, 0) is 93.8 Å². The van der Waals surface area contributed by atoms with E-state index in [1.807, 2.05) is 0 Å². The first-order valence-electron chi connectivity index (χ1n) is 13.1. The van der Waals surface area contributed by atoms with Crippen LogP contribution in [0.5, 0.6) is 0 Å². The lowest BCUT2D eigenvalue weighted by Gasteiger charge is -2.57. The molecule has 5 nitrogen and oxygen atoms in total.